The molecule has 0 spiro atoms. The number of anilines is 1. The fraction of sp³-hybridized carbons (Fsp3) is 0.111. The predicted octanol–water partition coefficient (Wildman–Crippen LogP) is 3.37. The van der Waals surface area contributed by atoms with Crippen molar-refractivity contribution in [2.24, 2.45) is 5.73 Å². The maximum atomic E-state index is 12.3. The number of ether oxygens (including phenoxy) is 1. The van der Waals surface area contributed by atoms with Gasteiger partial charge in [-0.3, -0.25) is 15.1 Å². The Labute approximate surface area is 167 Å². The molecule has 0 aliphatic carbocycles. The zero-order valence-electron chi connectivity index (χ0n) is 14.5. The zero-order valence-corrected chi connectivity index (χ0v) is 16.0. The van der Waals surface area contributed by atoms with Crippen LogP contribution in [0.25, 0.3) is 10.9 Å². The highest BCUT2D eigenvalue weighted by Gasteiger charge is 2.17. The number of halogens is 2. The van der Waals surface area contributed by atoms with Crippen LogP contribution in [0.4, 0.5) is 5.69 Å². The van der Waals surface area contributed by atoms with Crippen LogP contribution in [-0.2, 0) is 6.61 Å². The minimum atomic E-state index is -0.424. The standard InChI is InChI=1S/C18H18ClN5O2.ClH/c1-24(18(21)22)17(25)16-8-13-14(19)6-12(7-15(13)23-16)26-9-10-3-2-4-11(20)5-10;/h2-8,23H,9,20H2,1H3,(H3,21,22);1H. The molecule has 0 aliphatic rings. The van der Waals surface area contributed by atoms with E-state index in [4.69, 9.17) is 33.2 Å². The topological polar surface area (TPSA) is 121 Å². The van der Waals surface area contributed by atoms with Crippen LogP contribution >= 0.6 is 24.0 Å². The summed E-state index contributed by atoms with van der Waals surface area (Å²) in [5.74, 6) is -0.205. The number of nitrogens with zero attached hydrogens (tertiary/aromatic N) is 1. The number of carbonyl (C=O) groups is 1. The van der Waals surface area contributed by atoms with Crippen molar-refractivity contribution < 1.29 is 9.53 Å². The highest BCUT2D eigenvalue weighted by molar-refractivity contribution is 6.35. The summed E-state index contributed by atoms with van der Waals surface area (Å²) in [5.41, 5.74) is 13.7. The van der Waals surface area contributed by atoms with Gasteiger partial charge >= 0.3 is 0 Å². The van der Waals surface area contributed by atoms with E-state index in [-0.39, 0.29) is 24.1 Å². The number of fused-ring (bicyclic) bond motifs is 1. The molecular weight excluding hydrogens is 389 g/mol. The van der Waals surface area contributed by atoms with Gasteiger partial charge in [0.2, 0.25) is 0 Å². The lowest BCUT2D eigenvalue weighted by Gasteiger charge is -2.12. The number of amides is 1. The van der Waals surface area contributed by atoms with E-state index in [0.717, 1.165) is 10.5 Å². The largest absolute Gasteiger partial charge is 0.489 e. The van der Waals surface area contributed by atoms with Gasteiger partial charge in [0, 0.05) is 24.2 Å². The monoisotopic (exact) mass is 407 g/mol. The Hall–Kier alpha value is -2.90. The van der Waals surface area contributed by atoms with Crippen molar-refractivity contribution in [3.8, 4) is 5.75 Å². The lowest BCUT2D eigenvalue weighted by molar-refractivity contribution is 0.0864. The maximum absolute atomic E-state index is 12.3. The molecule has 3 aromatic rings. The Balaban J connectivity index is 0.00000261. The Kier molecular flexibility index (Phi) is 6.20. The van der Waals surface area contributed by atoms with E-state index in [1.165, 1.54) is 7.05 Å². The van der Waals surface area contributed by atoms with Gasteiger partial charge in [0.1, 0.15) is 18.1 Å². The maximum Gasteiger partial charge on any atom is 0.276 e. The average molecular weight is 408 g/mol. The van der Waals surface area contributed by atoms with Crippen LogP contribution in [0.3, 0.4) is 0 Å². The predicted molar refractivity (Wildman–Crippen MR) is 110 cm³/mol. The Bertz CT molecular complexity index is 1000. The molecule has 0 bridgehead atoms. The molecular formula is C18H19Cl2N5O2. The number of rotatable bonds is 4. The van der Waals surface area contributed by atoms with Crippen molar-refractivity contribution in [2.45, 2.75) is 6.61 Å². The van der Waals surface area contributed by atoms with Gasteiger partial charge < -0.3 is 21.2 Å². The molecule has 0 radical (unpaired) electrons. The quantitative estimate of drug-likeness (QED) is 0.300. The third-order valence-corrected chi connectivity index (χ3v) is 4.23. The van der Waals surface area contributed by atoms with Crippen LogP contribution in [0.15, 0.2) is 42.5 Å². The molecule has 0 saturated carbocycles. The third kappa shape index (κ3) is 4.45. The molecule has 0 aliphatic heterocycles. The van der Waals surface area contributed by atoms with E-state index in [1.807, 2.05) is 24.3 Å². The minimum Gasteiger partial charge on any atom is -0.489 e. The van der Waals surface area contributed by atoms with Crippen molar-refractivity contribution in [1.82, 2.24) is 9.88 Å². The third-order valence-electron chi connectivity index (χ3n) is 3.91. The van der Waals surface area contributed by atoms with Gasteiger partial charge in [-0.1, -0.05) is 23.7 Å². The highest BCUT2D eigenvalue weighted by atomic mass is 35.5. The van der Waals surface area contributed by atoms with E-state index < -0.39 is 5.91 Å². The number of nitrogen functional groups attached to an aromatic ring is 1. The van der Waals surface area contributed by atoms with Crippen molar-refractivity contribution in [2.75, 3.05) is 12.8 Å². The summed E-state index contributed by atoms with van der Waals surface area (Å²) in [5, 5.41) is 8.49. The summed E-state index contributed by atoms with van der Waals surface area (Å²) >= 11 is 6.32. The lowest BCUT2D eigenvalue weighted by Crippen LogP contribution is -2.38. The number of nitrogens with two attached hydrogens (primary N) is 2. The van der Waals surface area contributed by atoms with Gasteiger partial charge in [0.25, 0.3) is 5.91 Å². The molecule has 1 amide bonds. The molecule has 0 unspecified atom stereocenters. The van der Waals surface area contributed by atoms with E-state index in [0.29, 0.717) is 34.0 Å². The molecule has 0 fully saturated rings. The summed E-state index contributed by atoms with van der Waals surface area (Å²) in [6, 6.07) is 12.5. The number of aromatic amines is 1. The Morgan fingerprint density at radius 3 is 2.70 bits per heavy atom. The molecule has 6 N–H and O–H groups in total. The molecule has 27 heavy (non-hydrogen) atoms. The first kappa shape index (κ1) is 20.4. The number of carbonyl (C=O) groups excluding carboxylic acids is 1. The smallest absolute Gasteiger partial charge is 0.276 e. The van der Waals surface area contributed by atoms with E-state index >= 15 is 0 Å². The number of benzene rings is 2. The molecule has 1 aromatic heterocycles. The van der Waals surface area contributed by atoms with Crippen LogP contribution in [0, 0.1) is 5.41 Å². The van der Waals surface area contributed by atoms with Crippen LogP contribution in [0.2, 0.25) is 5.02 Å². The molecule has 0 atom stereocenters. The number of H-pyrrole nitrogens is 1. The van der Waals surface area contributed by atoms with Gasteiger partial charge in [0.15, 0.2) is 5.96 Å². The van der Waals surface area contributed by atoms with Crippen molar-refractivity contribution in [3.63, 3.8) is 0 Å². The van der Waals surface area contributed by atoms with Gasteiger partial charge in [-0.05, 0) is 29.8 Å². The summed E-state index contributed by atoms with van der Waals surface area (Å²) in [6.45, 7) is 0.340. The SMILES string of the molecule is CN(C(=N)N)C(=O)c1cc2c(Cl)cc(OCc3cccc(N)c3)cc2[nH]1.Cl. The molecule has 2 aromatic carbocycles. The molecule has 9 heteroatoms. The van der Waals surface area contributed by atoms with E-state index in [2.05, 4.69) is 4.98 Å². The first-order chi connectivity index (χ1) is 12.3. The van der Waals surface area contributed by atoms with Gasteiger partial charge in [0.05, 0.1) is 10.5 Å². The number of aromatic nitrogens is 1. The molecule has 7 nitrogen and oxygen atoms in total. The van der Waals surface area contributed by atoms with Gasteiger partial charge in [-0.2, -0.15) is 0 Å². The second-order valence-corrected chi connectivity index (χ2v) is 6.24. The van der Waals surface area contributed by atoms with Crippen molar-refractivity contribution in [1.29, 1.82) is 5.41 Å². The van der Waals surface area contributed by atoms with Crippen molar-refractivity contribution >= 4 is 52.5 Å². The fourth-order valence-corrected chi connectivity index (χ4v) is 2.77. The van der Waals surface area contributed by atoms with Gasteiger partial charge in [-0.15, -0.1) is 12.4 Å². The Morgan fingerprint density at radius 1 is 1.30 bits per heavy atom. The number of nitrogens with one attached hydrogen (secondary N) is 2. The molecule has 1 heterocycles. The highest BCUT2D eigenvalue weighted by Crippen LogP contribution is 2.30. The van der Waals surface area contributed by atoms with Crippen molar-refractivity contribution in [3.05, 3.63) is 58.7 Å². The van der Waals surface area contributed by atoms with Gasteiger partial charge in [-0.25, -0.2) is 0 Å². The summed E-state index contributed by atoms with van der Waals surface area (Å²) in [6.07, 6.45) is 0. The molecule has 3 rings (SSSR count). The Morgan fingerprint density at radius 2 is 2.04 bits per heavy atom. The van der Waals surface area contributed by atoms with E-state index in [9.17, 15) is 4.79 Å². The van der Waals surface area contributed by atoms with Crippen LogP contribution < -0.4 is 16.2 Å². The fourth-order valence-electron chi connectivity index (χ4n) is 2.51. The summed E-state index contributed by atoms with van der Waals surface area (Å²) in [7, 11) is 1.43. The second-order valence-electron chi connectivity index (χ2n) is 5.83. The lowest BCUT2D eigenvalue weighted by atomic mass is 10.2. The second kappa shape index (κ2) is 8.20. The molecule has 142 valence electrons. The zero-order chi connectivity index (χ0) is 18.8. The molecule has 0 saturated heterocycles. The number of guanidine groups is 1. The first-order valence-electron chi connectivity index (χ1n) is 7.76. The number of hydrogen-bond donors (Lipinski definition) is 4. The minimum absolute atomic E-state index is 0. The normalized spacial score (nSPS) is 10.3. The average Bonchev–Trinajstić information content (AvgIpc) is 3.03. The summed E-state index contributed by atoms with van der Waals surface area (Å²) in [4.78, 5) is 16.3. The van der Waals surface area contributed by atoms with Crippen LogP contribution in [-0.4, -0.2) is 28.8 Å². The van der Waals surface area contributed by atoms with E-state index in [1.54, 1.807) is 18.2 Å². The summed E-state index contributed by atoms with van der Waals surface area (Å²) < 4.78 is 5.78. The number of hydrogen-bond acceptors (Lipinski definition) is 4. The first-order valence-corrected chi connectivity index (χ1v) is 8.14. The van der Waals surface area contributed by atoms with Crippen LogP contribution in [0.1, 0.15) is 16.1 Å². The van der Waals surface area contributed by atoms with Crippen LogP contribution in [0.5, 0.6) is 5.75 Å².